The van der Waals surface area contributed by atoms with Crippen LogP contribution >= 0.6 is 0 Å². The molecule has 3 rings (SSSR count). The van der Waals surface area contributed by atoms with Gasteiger partial charge in [0.05, 0.1) is 23.3 Å². The molecule has 10 nitrogen and oxygen atoms in total. The van der Waals surface area contributed by atoms with E-state index in [0.29, 0.717) is 0 Å². The summed E-state index contributed by atoms with van der Waals surface area (Å²) in [6.45, 7) is 5.39. The zero-order valence-electron chi connectivity index (χ0n) is 21.5. The van der Waals surface area contributed by atoms with E-state index in [4.69, 9.17) is 14.2 Å². The molecule has 0 spiro atoms. The Kier molecular flexibility index (Phi) is 9.53. The van der Waals surface area contributed by atoms with Crippen LogP contribution in [0.4, 0.5) is 5.69 Å². The van der Waals surface area contributed by atoms with Gasteiger partial charge in [-0.3, -0.25) is 4.79 Å². The number of amides is 1. The predicted octanol–water partition coefficient (Wildman–Crippen LogP) is 3.95. The molecule has 0 unspecified atom stereocenters. The smallest absolute Gasteiger partial charge is 0.349 e. The van der Waals surface area contributed by atoms with Gasteiger partial charge in [-0.1, -0.05) is 41.5 Å². The maximum Gasteiger partial charge on any atom is 0.349 e. The van der Waals surface area contributed by atoms with Crippen molar-refractivity contribution in [1.29, 1.82) is 0 Å². The first kappa shape index (κ1) is 28.6. The molecular formula is C29H27NO9. The number of rotatable bonds is 10. The number of hydrogen-bond acceptors (Lipinski definition) is 8. The van der Waals surface area contributed by atoms with Crippen molar-refractivity contribution in [2.75, 3.05) is 11.9 Å². The van der Waals surface area contributed by atoms with Crippen molar-refractivity contribution in [3.63, 3.8) is 0 Å². The zero-order valence-corrected chi connectivity index (χ0v) is 21.5. The number of carbonyl (C=O) groups is 5. The predicted molar refractivity (Wildman–Crippen MR) is 139 cm³/mol. The topological polar surface area (TPSA) is 145 Å². The van der Waals surface area contributed by atoms with Crippen LogP contribution in [0.15, 0.2) is 72.8 Å². The molecule has 2 N–H and O–H groups in total. The van der Waals surface area contributed by atoms with Crippen molar-refractivity contribution in [1.82, 2.24) is 0 Å². The Labute approximate surface area is 224 Å². The lowest BCUT2D eigenvalue weighted by atomic mass is 10.1. The lowest BCUT2D eigenvalue weighted by Crippen LogP contribution is -2.48. The summed E-state index contributed by atoms with van der Waals surface area (Å²) in [5.41, 5.74) is 2.03. The van der Waals surface area contributed by atoms with Crippen molar-refractivity contribution >= 4 is 35.5 Å². The van der Waals surface area contributed by atoms with Crippen molar-refractivity contribution < 1.29 is 43.3 Å². The van der Waals surface area contributed by atoms with Gasteiger partial charge in [-0.05, 0) is 63.2 Å². The molecule has 0 heterocycles. The summed E-state index contributed by atoms with van der Waals surface area (Å²) >= 11 is 0. The molecule has 0 saturated carbocycles. The van der Waals surface area contributed by atoms with Gasteiger partial charge in [0.15, 0.2) is 0 Å². The number of hydrogen-bond donors (Lipinski definition) is 2. The van der Waals surface area contributed by atoms with Crippen LogP contribution in [-0.4, -0.2) is 53.7 Å². The van der Waals surface area contributed by atoms with E-state index in [1.165, 1.54) is 48.5 Å². The molecule has 3 aromatic rings. The number of nitrogens with one attached hydrogen (secondary N) is 1. The number of ether oxygens (including phenoxy) is 3. The molecule has 202 valence electrons. The Balaban J connectivity index is 1.92. The first-order valence-electron chi connectivity index (χ1n) is 11.9. The van der Waals surface area contributed by atoms with Gasteiger partial charge in [0.25, 0.3) is 5.91 Å². The van der Waals surface area contributed by atoms with Crippen molar-refractivity contribution in [3.8, 4) is 0 Å². The van der Waals surface area contributed by atoms with Crippen LogP contribution in [0.5, 0.6) is 0 Å². The van der Waals surface area contributed by atoms with Gasteiger partial charge in [0, 0.05) is 5.69 Å². The third-order valence-corrected chi connectivity index (χ3v) is 5.46. The maximum absolute atomic E-state index is 13.3. The van der Waals surface area contributed by atoms with Crippen LogP contribution in [0.2, 0.25) is 0 Å². The number of aliphatic carboxylic acids is 1. The van der Waals surface area contributed by atoms with Crippen LogP contribution in [-0.2, 0) is 23.8 Å². The highest BCUT2D eigenvalue weighted by Gasteiger charge is 2.41. The second-order valence-electron chi connectivity index (χ2n) is 8.51. The van der Waals surface area contributed by atoms with Crippen LogP contribution < -0.4 is 5.32 Å². The summed E-state index contributed by atoms with van der Waals surface area (Å²) in [5, 5.41) is 12.3. The zero-order chi connectivity index (χ0) is 28.5. The summed E-state index contributed by atoms with van der Waals surface area (Å²) in [4.78, 5) is 63.1. The number of esters is 3. The van der Waals surface area contributed by atoms with Gasteiger partial charge in [-0.2, -0.15) is 0 Å². The summed E-state index contributed by atoms with van der Waals surface area (Å²) in [7, 11) is 0. The molecule has 0 saturated heterocycles. The highest BCUT2D eigenvalue weighted by Crippen LogP contribution is 2.18. The third kappa shape index (κ3) is 7.75. The Hall–Kier alpha value is -4.99. The Bertz CT molecular complexity index is 1360. The Morgan fingerprint density at radius 3 is 1.72 bits per heavy atom. The normalized spacial score (nSPS) is 12.0. The first-order chi connectivity index (χ1) is 18.6. The largest absolute Gasteiger partial charge is 0.478 e. The fraction of sp³-hybridized carbons (Fsp3) is 0.207. The van der Waals surface area contributed by atoms with E-state index in [0.717, 1.165) is 11.1 Å². The van der Waals surface area contributed by atoms with E-state index in [1.807, 2.05) is 0 Å². The van der Waals surface area contributed by atoms with Gasteiger partial charge in [-0.15, -0.1) is 0 Å². The van der Waals surface area contributed by atoms with E-state index in [2.05, 4.69) is 5.32 Å². The summed E-state index contributed by atoms with van der Waals surface area (Å²) in [6.07, 6.45) is -4.28. The van der Waals surface area contributed by atoms with Gasteiger partial charge in [0.1, 0.15) is 0 Å². The quantitative estimate of drug-likeness (QED) is 0.292. The molecule has 0 bridgehead atoms. The summed E-state index contributed by atoms with van der Waals surface area (Å²) in [6, 6.07) is 18.0. The molecule has 2 atom stereocenters. The molecule has 0 aromatic heterocycles. The molecule has 0 radical (unpaired) electrons. The Morgan fingerprint density at radius 2 is 1.23 bits per heavy atom. The molecular weight excluding hydrogens is 506 g/mol. The van der Waals surface area contributed by atoms with Crippen molar-refractivity contribution in [3.05, 3.63) is 101 Å². The van der Waals surface area contributed by atoms with E-state index in [-0.39, 0.29) is 29.0 Å². The first-order valence-corrected chi connectivity index (χ1v) is 11.9. The average Bonchev–Trinajstić information content (AvgIpc) is 2.91. The second kappa shape index (κ2) is 13.0. The lowest BCUT2D eigenvalue weighted by molar-refractivity contribution is -0.157. The van der Waals surface area contributed by atoms with Gasteiger partial charge in [0.2, 0.25) is 12.2 Å². The van der Waals surface area contributed by atoms with Gasteiger partial charge >= 0.3 is 23.9 Å². The number of carboxylic acid groups (broad SMARTS) is 1. The monoisotopic (exact) mass is 533 g/mol. The number of aryl methyl sites for hydroxylation is 2. The Morgan fingerprint density at radius 1 is 0.718 bits per heavy atom. The van der Waals surface area contributed by atoms with Crippen LogP contribution in [0, 0.1) is 13.8 Å². The van der Waals surface area contributed by atoms with E-state index < -0.39 is 42.0 Å². The molecule has 1 amide bonds. The second-order valence-corrected chi connectivity index (χ2v) is 8.51. The average molecular weight is 534 g/mol. The van der Waals surface area contributed by atoms with Crippen LogP contribution in [0.1, 0.15) is 49.1 Å². The molecule has 3 aromatic carbocycles. The van der Waals surface area contributed by atoms with E-state index >= 15 is 0 Å². The van der Waals surface area contributed by atoms with Gasteiger partial charge in [-0.25, -0.2) is 19.2 Å². The molecule has 10 heteroatoms. The number of carbonyl (C=O) groups excluding carboxylic acids is 4. The van der Waals surface area contributed by atoms with Crippen molar-refractivity contribution in [2.45, 2.75) is 33.0 Å². The maximum atomic E-state index is 13.3. The fourth-order valence-corrected chi connectivity index (χ4v) is 3.39. The van der Waals surface area contributed by atoms with Crippen molar-refractivity contribution in [2.24, 2.45) is 0 Å². The standard InChI is InChI=1S/C29H27NO9/c1-4-37-27(34)21-6-5-7-22(16-21)30-25(31)23(38-28(35)19-12-8-17(2)9-13-19)24(26(32)33)39-29(36)20-14-10-18(3)11-15-20/h5-16,23-24H,4H2,1-3H3,(H,30,31)(H,32,33)/t23-,24+/m0/s1. The SMILES string of the molecule is CCOC(=O)c1cccc(NC(=O)[C@@H](OC(=O)c2ccc(C)cc2)[C@@H](OC(=O)c2ccc(C)cc2)C(=O)O)c1. The molecule has 0 aliphatic rings. The highest BCUT2D eigenvalue weighted by atomic mass is 16.6. The van der Waals surface area contributed by atoms with Crippen LogP contribution in [0.3, 0.4) is 0 Å². The fourth-order valence-electron chi connectivity index (χ4n) is 3.39. The minimum atomic E-state index is -2.19. The molecule has 0 aliphatic heterocycles. The minimum Gasteiger partial charge on any atom is -0.478 e. The number of carboxylic acids is 1. The summed E-state index contributed by atoms with van der Waals surface area (Å²) in [5.74, 6) is -5.48. The van der Waals surface area contributed by atoms with Gasteiger partial charge < -0.3 is 24.6 Å². The number of benzene rings is 3. The van der Waals surface area contributed by atoms with Crippen LogP contribution in [0.25, 0.3) is 0 Å². The minimum absolute atomic E-state index is 0.0398. The van der Waals surface area contributed by atoms with E-state index in [1.54, 1.807) is 45.0 Å². The van der Waals surface area contributed by atoms with E-state index in [9.17, 15) is 29.1 Å². The highest BCUT2D eigenvalue weighted by molar-refractivity contribution is 6.02. The molecule has 0 fully saturated rings. The number of anilines is 1. The molecule has 0 aliphatic carbocycles. The lowest BCUT2D eigenvalue weighted by Gasteiger charge is -2.23. The summed E-state index contributed by atoms with van der Waals surface area (Å²) < 4.78 is 15.4. The molecule has 39 heavy (non-hydrogen) atoms. The third-order valence-electron chi connectivity index (χ3n) is 5.46.